The van der Waals surface area contributed by atoms with Crippen LogP contribution in [0.5, 0.6) is 0 Å². The smallest absolute Gasteiger partial charge is 0.307 e. The van der Waals surface area contributed by atoms with Crippen LogP contribution in [0.25, 0.3) is 0 Å². The molecule has 1 aromatic rings. The van der Waals surface area contributed by atoms with Gasteiger partial charge in [0, 0.05) is 11.6 Å². The molecule has 0 bridgehead atoms. The van der Waals surface area contributed by atoms with E-state index in [1.54, 1.807) is 6.92 Å². The third-order valence-corrected chi connectivity index (χ3v) is 2.28. The predicted octanol–water partition coefficient (Wildman–Crippen LogP) is 2.11. The molecule has 0 radical (unpaired) electrons. The lowest BCUT2D eigenvalue weighted by Gasteiger charge is -2.11. The van der Waals surface area contributed by atoms with Crippen LogP contribution in [-0.2, 0) is 9.53 Å². The Morgan fingerprint density at radius 1 is 1.58 bits per heavy atom. The van der Waals surface area contributed by atoms with E-state index in [0.717, 1.165) is 12.1 Å². The second kappa shape index (κ2) is 7.65. The van der Waals surface area contributed by atoms with E-state index in [1.165, 1.54) is 6.07 Å². The van der Waals surface area contributed by atoms with E-state index in [0.29, 0.717) is 0 Å². The summed E-state index contributed by atoms with van der Waals surface area (Å²) >= 11 is 0. The topological polar surface area (TPSA) is 95.5 Å². The summed E-state index contributed by atoms with van der Waals surface area (Å²) in [5.41, 5.74) is 5.35. The fraction of sp³-hybridized carbons (Fsp3) is 0.364. The van der Waals surface area contributed by atoms with Gasteiger partial charge in [0.2, 0.25) is 0 Å². The Morgan fingerprint density at radius 2 is 2.21 bits per heavy atom. The first-order valence-corrected chi connectivity index (χ1v) is 5.30. The number of halogens is 2. The average molecular weight is 293 g/mol. The largest absolute Gasteiger partial charge is 0.466 e. The van der Waals surface area contributed by atoms with Crippen molar-refractivity contribution in [2.24, 2.45) is 5.73 Å². The Bertz CT molecular complexity index is 470. The minimum absolute atomic E-state index is 0. The normalized spacial score (nSPS) is 11.3. The van der Waals surface area contributed by atoms with Crippen LogP contribution < -0.4 is 5.73 Å². The van der Waals surface area contributed by atoms with Crippen molar-refractivity contribution < 1.29 is 18.8 Å². The molecule has 0 fully saturated rings. The number of nitro groups is 1. The second-order valence-corrected chi connectivity index (χ2v) is 3.58. The van der Waals surface area contributed by atoms with E-state index < -0.39 is 28.4 Å². The molecule has 0 aliphatic rings. The maximum atomic E-state index is 12.9. The highest BCUT2D eigenvalue weighted by atomic mass is 35.5. The standard InChI is InChI=1S/C11H13FN2O4.ClH/c1-2-18-11(15)6-9(13)8-4-3-7(12)5-10(8)14(16)17;/h3-5,9H,2,6,13H2,1H3;1H/t9-;/m0./s1. The first-order chi connectivity index (χ1) is 8.45. The van der Waals surface area contributed by atoms with Gasteiger partial charge in [-0.3, -0.25) is 14.9 Å². The molecule has 1 aromatic carbocycles. The van der Waals surface area contributed by atoms with Gasteiger partial charge in [0.1, 0.15) is 5.82 Å². The predicted molar refractivity (Wildman–Crippen MR) is 68.5 cm³/mol. The second-order valence-electron chi connectivity index (χ2n) is 3.58. The van der Waals surface area contributed by atoms with Crippen molar-refractivity contribution in [2.75, 3.05) is 6.61 Å². The van der Waals surface area contributed by atoms with Gasteiger partial charge in [0.15, 0.2) is 0 Å². The summed E-state index contributed by atoms with van der Waals surface area (Å²) in [7, 11) is 0. The number of nitro benzene ring substituents is 1. The van der Waals surface area contributed by atoms with Crippen LogP contribution in [0.2, 0.25) is 0 Å². The van der Waals surface area contributed by atoms with E-state index >= 15 is 0 Å². The highest BCUT2D eigenvalue weighted by Gasteiger charge is 2.22. The van der Waals surface area contributed by atoms with Crippen LogP contribution in [0.1, 0.15) is 24.9 Å². The lowest BCUT2D eigenvalue weighted by molar-refractivity contribution is -0.385. The van der Waals surface area contributed by atoms with Crippen molar-refractivity contribution in [3.05, 3.63) is 39.7 Å². The summed E-state index contributed by atoms with van der Waals surface area (Å²) in [4.78, 5) is 21.3. The van der Waals surface area contributed by atoms with Crippen molar-refractivity contribution in [3.63, 3.8) is 0 Å². The number of ether oxygens (including phenoxy) is 1. The summed E-state index contributed by atoms with van der Waals surface area (Å²) in [5, 5.41) is 10.8. The number of nitrogens with zero attached hydrogens (tertiary/aromatic N) is 1. The fourth-order valence-electron chi connectivity index (χ4n) is 1.50. The Balaban J connectivity index is 0.00000324. The van der Waals surface area contributed by atoms with Gasteiger partial charge in [-0.25, -0.2) is 4.39 Å². The molecule has 0 heterocycles. The third kappa shape index (κ3) is 4.80. The fourth-order valence-corrected chi connectivity index (χ4v) is 1.50. The zero-order valence-corrected chi connectivity index (χ0v) is 11.0. The first kappa shape index (κ1) is 17.3. The molecule has 2 N–H and O–H groups in total. The molecule has 0 amide bonds. The third-order valence-electron chi connectivity index (χ3n) is 2.28. The van der Waals surface area contributed by atoms with E-state index in [4.69, 9.17) is 10.5 Å². The average Bonchev–Trinajstić information content (AvgIpc) is 2.28. The minimum Gasteiger partial charge on any atom is -0.466 e. The summed E-state index contributed by atoms with van der Waals surface area (Å²) in [6, 6.07) is 2.15. The van der Waals surface area contributed by atoms with Crippen LogP contribution in [0.15, 0.2) is 18.2 Å². The van der Waals surface area contributed by atoms with E-state index in [1.807, 2.05) is 0 Å². The Labute approximate surface area is 115 Å². The van der Waals surface area contributed by atoms with Gasteiger partial charge in [0.25, 0.3) is 5.69 Å². The molecule has 0 aliphatic heterocycles. The molecule has 6 nitrogen and oxygen atoms in total. The molecular formula is C11H14ClFN2O4. The summed E-state index contributed by atoms with van der Waals surface area (Å²) in [5.74, 6) is -1.28. The lowest BCUT2D eigenvalue weighted by atomic mass is 10.0. The number of carbonyl (C=O) groups excluding carboxylic acids is 1. The number of rotatable bonds is 5. The van der Waals surface area contributed by atoms with Gasteiger partial charge in [0.05, 0.1) is 24.0 Å². The first-order valence-electron chi connectivity index (χ1n) is 5.30. The SMILES string of the molecule is CCOC(=O)C[C@H](N)c1ccc(F)cc1[N+](=O)[O-].Cl. The number of hydrogen-bond donors (Lipinski definition) is 1. The zero-order chi connectivity index (χ0) is 13.7. The molecule has 106 valence electrons. The number of esters is 1. The van der Waals surface area contributed by atoms with Crippen molar-refractivity contribution in [1.82, 2.24) is 0 Å². The number of carbonyl (C=O) groups is 1. The molecular weight excluding hydrogens is 279 g/mol. The molecule has 0 aromatic heterocycles. The lowest BCUT2D eigenvalue weighted by Crippen LogP contribution is -2.18. The van der Waals surface area contributed by atoms with Crippen LogP contribution in [0.4, 0.5) is 10.1 Å². The van der Waals surface area contributed by atoms with Gasteiger partial charge in [-0.1, -0.05) is 0 Å². The monoisotopic (exact) mass is 292 g/mol. The summed E-state index contributed by atoms with van der Waals surface area (Å²) in [6.45, 7) is 1.85. The quantitative estimate of drug-likeness (QED) is 0.509. The van der Waals surface area contributed by atoms with E-state index in [-0.39, 0.29) is 31.0 Å². The molecule has 8 heteroatoms. The molecule has 0 saturated carbocycles. The number of nitrogens with two attached hydrogens (primary N) is 1. The maximum Gasteiger partial charge on any atom is 0.307 e. The van der Waals surface area contributed by atoms with Crippen molar-refractivity contribution in [1.29, 1.82) is 0 Å². The highest BCUT2D eigenvalue weighted by Crippen LogP contribution is 2.26. The highest BCUT2D eigenvalue weighted by molar-refractivity contribution is 5.85. The van der Waals surface area contributed by atoms with Gasteiger partial charge < -0.3 is 10.5 Å². The Kier molecular flexibility index (Phi) is 6.95. The van der Waals surface area contributed by atoms with Gasteiger partial charge in [-0.05, 0) is 19.1 Å². The maximum absolute atomic E-state index is 12.9. The van der Waals surface area contributed by atoms with Gasteiger partial charge >= 0.3 is 5.97 Å². The molecule has 0 spiro atoms. The van der Waals surface area contributed by atoms with Gasteiger partial charge in [-0.2, -0.15) is 0 Å². The van der Waals surface area contributed by atoms with Crippen LogP contribution in [-0.4, -0.2) is 17.5 Å². The molecule has 0 saturated heterocycles. The Hall–Kier alpha value is -1.73. The molecule has 19 heavy (non-hydrogen) atoms. The van der Waals surface area contributed by atoms with E-state index in [9.17, 15) is 19.3 Å². The molecule has 1 atom stereocenters. The minimum atomic E-state index is -0.898. The molecule has 0 aliphatic carbocycles. The summed E-state index contributed by atoms with van der Waals surface area (Å²) in [6.07, 6.45) is -0.194. The van der Waals surface area contributed by atoms with Crippen molar-refractivity contribution in [3.8, 4) is 0 Å². The summed E-state index contributed by atoms with van der Waals surface area (Å²) < 4.78 is 17.6. The van der Waals surface area contributed by atoms with Gasteiger partial charge in [-0.15, -0.1) is 12.4 Å². The van der Waals surface area contributed by atoms with Crippen LogP contribution in [0, 0.1) is 15.9 Å². The van der Waals surface area contributed by atoms with Crippen molar-refractivity contribution in [2.45, 2.75) is 19.4 Å². The number of hydrogen-bond acceptors (Lipinski definition) is 5. The van der Waals surface area contributed by atoms with E-state index in [2.05, 4.69) is 0 Å². The molecule has 1 rings (SSSR count). The van der Waals surface area contributed by atoms with Crippen LogP contribution >= 0.6 is 12.4 Å². The zero-order valence-electron chi connectivity index (χ0n) is 10.2. The Morgan fingerprint density at radius 3 is 2.74 bits per heavy atom. The number of benzene rings is 1. The molecule has 0 unspecified atom stereocenters. The van der Waals surface area contributed by atoms with Crippen LogP contribution in [0.3, 0.4) is 0 Å². The van der Waals surface area contributed by atoms with Crippen molar-refractivity contribution >= 4 is 24.1 Å².